The van der Waals surface area contributed by atoms with E-state index in [4.69, 9.17) is 0 Å². The van der Waals surface area contributed by atoms with E-state index in [0.29, 0.717) is 0 Å². The Kier molecular flexibility index (Phi) is 4.80. The molecule has 0 aromatic heterocycles. The number of benzene rings is 2. The fourth-order valence-corrected chi connectivity index (χ4v) is 4.05. The van der Waals surface area contributed by atoms with Crippen molar-refractivity contribution in [3.05, 3.63) is 82.9 Å². The molecule has 1 aliphatic heterocycles. The molecule has 0 saturated carbocycles. The van der Waals surface area contributed by atoms with Crippen LogP contribution in [0.15, 0.2) is 66.2 Å². The largest absolute Gasteiger partial charge is 0.299 e. The second-order valence-corrected chi connectivity index (χ2v) is 7.33. The zero-order chi connectivity index (χ0) is 17.1. The number of hydrogen-bond donors (Lipinski definition) is 0. The number of carbonyl (C=O) groups is 1. The van der Waals surface area contributed by atoms with Crippen molar-refractivity contribution in [3.8, 4) is 0 Å². The van der Waals surface area contributed by atoms with E-state index >= 15 is 0 Å². The van der Waals surface area contributed by atoms with E-state index in [-0.39, 0.29) is 5.78 Å². The van der Waals surface area contributed by atoms with E-state index in [9.17, 15) is 4.79 Å². The lowest BCUT2D eigenvalue weighted by Gasteiger charge is -2.31. The number of ketones is 1. The highest BCUT2D eigenvalue weighted by Gasteiger charge is 2.25. The highest BCUT2D eigenvalue weighted by molar-refractivity contribution is 6.13. The summed E-state index contributed by atoms with van der Waals surface area (Å²) in [6, 6.07) is 18.7. The molecule has 1 aliphatic carbocycles. The van der Waals surface area contributed by atoms with Gasteiger partial charge in [-0.1, -0.05) is 60.7 Å². The molecule has 2 aromatic rings. The van der Waals surface area contributed by atoms with Crippen LogP contribution in [0.4, 0.5) is 0 Å². The summed E-state index contributed by atoms with van der Waals surface area (Å²) in [5.74, 6) is 0.966. The minimum absolute atomic E-state index is 0.247. The molecule has 0 N–H and O–H groups in total. The number of fused-ring (bicyclic) bond motifs is 1. The topological polar surface area (TPSA) is 20.3 Å². The van der Waals surface area contributed by atoms with Gasteiger partial charge in [0.15, 0.2) is 5.78 Å². The van der Waals surface area contributed by atoms with Gasteiger partial charge in [-0.05, 0) is 49.4 Å². The quantitative estimate of drug-likeness (QED) is 0.760. The van der Waals surface area contributed by atoms with Gasteiger partial charge in [-0.3, -0.25) is 9.69 Å². The van der Waals surface area contributed by atoms with Gasteiger partial charge in [0.05, 0.1) is 0 Å². The van der Waals surface area contributed by atoms with Gasteiger partial charge >= 0.3 is 0 Å². The Labute approximate surface area is 150 Å². The number of nitrogens with zero attached hydrogens (tertiary/aromatic N) is 1. The molecule has 1 heterocycles. The number of likely N-dealkylation sites (tertiary alicyclic amines) is 1. The summed E-state index contributed by atoms with van der Waals surface area (Å²) in [7, 11) is 0. The maximum Gasteiger partial charge on any atom is 0.189 e. The number of hydrogen-bond acceptors (Lipinski definition) is 2. The van der Waals surface area contributed by atoms with Gasteiger partial charge in [0.25, 0.3) is 0 Å². The Morgan fingerprint density at radius 2 is 1.68 bits per heavy atom. The number of piperidine rings is 1. The van der Waals surface area contributed by atoms with Crippen LogP contribution in [0.2, 0.25) is 0 Å². The summed E-state index contributed by atoms with van der Waals surface area (Å²) in [4.78, 5) is 15.0. The lowest BCUT2D eigenvalue weighted by atomic mass is 9.92. The van der Waals surface area contributed by atoms with Crippen LogP contribution in [-0.2, 0) is 13.0 Å². The summed E-state index contributed by atoms with van der Waals surface area (Å²) < 4.78 is 0. The number of allylic oxidation sites excluding steroid dienone is 2. The van der Waals surface area contributed by atoms with Crippen molar-refractivity contribution in [2.24, 2.45) is 5.92 Å². The third-order valence-corrected chi connectivity index (χ3v) is 5.59. The van der Waals surface area contributed by atoms with Crippen LogP contribution in [0.25, 0.3) is 0 Å². The molecule has 1 fully saturated rings. The van der Waals surface area contributed by atoms with Gasteiger partial charge in [0.2, 0.25) is 0 Å². The first-order valence-electron chi connectivity index (χ1n) is 9.37. The Morgan fingerprint density at radius 3 is 2.44 bits per heavy atom. The smallest absolute Gasteiger partial charge is 0.189 e. The zero-order valence-electron chi connectivity index (χ0n) is 14.7. The van der Waals surface area contributed by atoms with Gasteiger partial charge < -0.3 is 0 Å². The molecule has 0 amide bonds. The maximum absolute atomic E-state index is 12.4. The molecule has 4 rings (SSSR count). The van der Waals surface area contributed by atoms with Crippen molar-refractivity contribution in [2.45, 2.75) is 32.2 Å². The average Bonchev–Trinajstić information content (AvgIpc) is 2.98. The normalized spacial score (nSPS) is 20.2. The Morgan fingerprint density at radius 1 is 0.960 bits per heavy atom. The summed E-state index contributed by atoms with van der Waals surface area (Å²) in [6.45, 7) is 3.39. The van der Waals surface area contributed by atoms with Crippen molar-refractivity contribution in [1.82, 2.24) is 4.90 Å². The summed E-state index contributed by atoms with van der Waals surface area (Å²) >= 11 is 0. The maximum atomic E-state index is 12.4. The number of carbonyl (C=O) groups excluding carboxylic acids is 1. The van der Waals surface area contributed by atoms with E-state index in [2.05, 4.69) is 47.4 Å². The van der Waals surface area contributed by atoms with Crippen LogP contribution >= 0.6 is 0 Å². The predicted octanol–water partition coefficient (Wildman–Crippen LogP) is 4.65. The van der Waals surface area contributed by atoms with Gasteiger partial charge in [-0.15, -0.1) is 0 Å². The molecule has 0 atom stereocenters. The minimum atomic E-state index is 0.247. The van der Waals surface area contributed by atoms with Crippen molar-refractivity contribution in [1.29, 1.82) is 0 Å². The highest BCUT2D eigenvalue weighted by atomic mass is 16.1. The summed E-state index contributed by atoms with van der Waals surface area (Å²) in [6.07, 6.45) is 6.56. The molecule has 0 radical (unpaired) electrons. The van der Waals surface area contributed by atoms with Crippen molar-refractivity contribution < 1.29 is 4.79 Å². The van der Waals surface area contributed by atoms with Crippen LogP contribution in [0.5, 0.6) is 0 Å². The first kappa shape index (κ1) is 16.3. The van der Waals surface area contributed by atoms with E-state index in [1.807, 2.05) is 18.2 Å². The minimum Gasteiger partial charge on any atom is -0.299 e. The molecule has 2 heteroatoms. The molecule has 25 heavy (non-hydrogen) atoms. The molecule has 0 bridgehead atoms. The SMILES string of the molecule is O=C1/C(=C\CC2CCN(Cc3ccccc3)CC2)Cc2ccccc21. The second-order valence-electron chi connectivity index (χ2n) is 7.33. The fourth-order valence-electron chi connectivity index (χ4n) is 4.05. The van der Waals surface area contributed by atoms with Crippen LogP contribution in [0, 0.1) is 5.92 Å². The van der Waals surface area contributed by atoms with Crippen molar-refractivity contribution in [2.75, 3.05) is 13.1 Å². The van der Waals surface area contributed by atoms with Crippen LogP contribution < -0.4 is 0 Å². The first-order valence-corrected chi connectivity index (χ1v) is 9.37. The van der Waals surface area contributed by atoms with E-state index in [1.165, 1.54) is 24.0 Å². The Bertz CT molecular complexity index is 770. The highest BCUT2D eigenvalue weighted by Crippen LogP contribution is 2.28. The molecule has 0 spiro atoms. The van der Waals surface area contributed by atoms with E-state index < -0.39 is 0 Å². The first-order chi connectivity index (χ1) is 12.3. The van der Waals surface area contributed by atoms with Crippen LogP contribution in [0.3, 0.4) is 0 Å². The third-order valence-electron chi connectivity index (χ3n) is 5.59. The molecule has 2 nitrogen and oxygen atoms in total. The lowest BCUT2D eigenvalue weighted by Crippen LogP contribution is -2.33. The van der Waals surface area contributed by atoms with E-state index in [0.717, 1.165) is 49.5 Å². The zero-order valence-corrected chi connectivity index (χ0v) is 14.7. The summed E-state index contributed by atoms with van der Waals surface area (Å²) in [5.41, 5.74) is 4.51. The Balaban J connectivity index is 1.29. The van der Waals surface area contributed by atoms with Gasteiger partial charge in [0.1, 0.15) is 0 Å². The average molecular weight is 331 g/mol. The molecular weight excluding hydrogens is 306 g/mol. The van der Waals surface area contributed by atoms with Gasteiger partial charge in [0, 0.05) is 24.1 Å². The molecule has 2 aromatic carbocycles. The molecular formula is C23H25NO. The fraction of sp³-hybridized carbons (Fsp3) is 0.348. The molecule has 0 unspecified atom stereocenters. The predicted molar refractivity (Wildman–Crippen MR) is 102 cm³/mol. The van der Waals surface area contributed by atoms with Crippen molar-refractivity contribution in [3.63, 3.8) is 0 Å². The van der Waals surface area contributed by atoms with E-state index in [1.54, 1.807) is 0 Å². The number of rotatable bonds is 4. The summed E-state index contributed by atoms with van der Waals surface area (Å²) in [5, 5.41) is 0. The van der Waals surface area contributed by atoms with Gasteiger partial charge in [-0.25, -0.2) is 0 Å². The second kappa shape index (κ2) is 7.37. The third kappa shape index (κ3) is 3.74. The molecule has 2 aliphatic rings. The monoisotopic (exact) mass is 331 g/mol. The number of Topliss-reactive ketones (excluding diaryl/α,β-unsaturated/α-hetero) is 1. The standard InChI is InChI=1S/C23H25NO/c25-23-21(16-20-8-4-5-9-22(20)23)11-10-18-12-14-24(15-13-18)17-19-6-2-1-3-7-19/h1-9,11,18H,10,12-17H2/b21-11-. The molecule has 1 saturated heterocycles. The molecule has 128 valence electrons. The van der Waals surface area contributed by atoms with Crippen LogP contribution in [0.1, 0.15) is 40.7 Å². The van der Waals surface area contributed by atoms with Crippen molar-refractivity contribution >= 4 is 5.78 Å². The van der Waals surface area contributed by atoms with Gasteiger partial charge in [-0.2, -0.15) is 0 Å². The lowest BCUT2D eigenvalue weighted by molar-refractivity contribution is 0.103. The Hall–Kier alpha value is -2.19. The van der Waals surface area contributed by atoms with Crippen LogP contribution in [-0.4, -0.2) is 23.8 Å².